The maximum Gasteiger partial charge on any atom is 0.228 e. The number of rotatable bonds is 6. The highest BCUT2D eigenvalue weighted by molar-refractivity contribution is 5.80. The first kappa shape index (κ1) is 19.1. The fourth-order valence-electron chi connectivity index (χ4n) is 2.86. The summed E-state index contributed by atoms with van der Waals surface area (Å²) >= 11 is 0. The van der Waals surface area contributed by atoms with Crippen LogP contribution in [0.1, 0.15) is 38.4 Å². The van der Waals surface area contributed by atoms with Gasteiger partial charge in [-0.1, -0.05) is 19.0 Å². The van der Waals surface area contributed by atoms with E-state index in [4.69, 9.17) is 9.52 Å². The topological polar surface area (TPSA) is 95.6 Å². The van der Waals surface area contributed by atoms with E-state index in [-0.39, 0.29) is 5.92 Å². The molecule has 27 heavy (non-hydrogen) atoms. The zero-order valence-electron chi connectivity index (χ0n) is 16.3. The highest BCUT2D eigenvalue weighted by atomic mass is 16.5. The van der Waals surface area contributed by atoms with Crippen molar-refractivity contribution in [3.8, 4) is 0 Å². The minimum Gasteiger partial charge on any atom is -0.357 e. The van der Waals surface area contributed by atoms with Crippen LogP contribution in [0, 0.1) is 0 Å². The smallest absolute Gasteiger partial charge is 0.228 e. The van der Waals surface area contributed by atoms with Crippen LogP contribution in [0.5, 0.6) is 0 Å². The molecule has 0 aliphatic carbocycles. The molecular formula is C18H28N8O. The molecule has 0 unspecified atom stereocenters. The molecule has 2 aromatic heterocycles. The van der Waals surface area contributed by atoms with E-state index in [0.717, 1.165) is 50.5 Å². The van der Waals surface area contributed by atoms with E-state index in [2.05, 4.69) is 56.0 Å². The van der Waals surface area contributed by atoms with Crippen LogP contribution in [0.3, 0.4) is 0 Å². The van der Waals surface area contributed by atoms with Gasteiger partial charge in [0.25, 0.3) is 0 Å². The highest BCUT2D eigenvalue weighted by Gasteiger charge is 2.21. The second-order valence-electron chi connectivity index (χ2n) is 6.71. The van der Waals surface area contributed by atoms with Crippen LogP contribution in [0.15, 0.2) is 28.0 Å². The van der Waals surface area contributed by atoms with Gasteiger partial charge in [-0.05, 0) is 13.0 Å². The first-order valence-electron chi connectivity index (χ1n) is 9.55. The zero-order chi connectivity index (χ0) is 19.1. The number of nitrogens with zero attached hydrogens (tertiary/aromatic N) is 7. The molecule has 1 saturated heterocycles. The van der Waals surface area contributed by atoms with Gasteiger partial charge in [-0.15, -0.1) is 0 Å². The summed E-state index contributed by atoms with van der Waals surface area (Å²) in [7, 11) is 0. The Bertz CT molecular complexity index is 722. The van der Waals surface area contributed by atoms with Crippen LogP contribution in [0.4, 0.5) is 5.95 Å². The van der Waals surface area contributed by atoms with E-state index >= 15 is 0 Å². The van der Waals surface area contributed by atoms with Gasteiger partial charge in [-0.2, -0.15) is 4.98 Å². The number of piperazine rings is 1. The van der Waals surface area contributed by atoms with Crippen LogP contribution in [0.2, 0.25) is 0 Å². The number of hydrogen-bond donors (Lipinski definition) is 1. The Morgan fingerprint density at radius 1 is 1.22 bits per heavy atom. The molecule has 9 nitrogen and oxygen atoms in total. The van der Waals surface area contributed by atoms with Crippen molar-refractivity contribution in [2.45, 2.75) is 33.1 Å². The van der Waals surface area contributed by atoms with Crippen molar-refractivity contribution in [2.24, 2.45) is 4.99 Å². The summed E-state index contributed by atoms with van der Waals surface area (Å²) in [6.45, 7) is 11.1. The van der Waals surface area contributed by atoms with E-state index in [9.17, 15) is 0 Å². The van der Waals surface area contributed by atoms with Crippen molar-refractivity contribution < 1.29 is 4.52 Å². The van der Waals surface area contributed by atoms with E-state index in [0.29, 0.717) is 18.9 Å². The summed E-state index contributed by atoms with van der Waals surface area (Å²) in [4.78, 5) is 22.3. The van der Waals surface area contributed by atoms with Gasteiger partial charge in [-0.3, -0.25) is 4.99 Å². The average Bonchev–Trinajstić information content (AvgIpc) is 3.17. The van der Waals surface area contributed by atoms with Gasteiger partial charge < -0.3 is 19.6 Å². The minimum absolute atomic E-state index is 0.271. The lowest BCUT2D eigenvalue weighted by Crippen LogP contribution is -2.53. The number of aromatic nitrogens is 4. The Morgan fingerprint density at radius 3 is 2.59 bits per heavy atom. The number of aliphatic imine (C=N–C) groups is 1. The molecule has 0 bridgehead atoms. The quantitative estimate of drug-likeness (QED) is 0.599. The first-order valence-corrected chi connectivity index (χ1v) is 9.55. The predicted molar refractivity (Wildman–Crippen MR) is 104 cm³/mol. The third kappa shape index (κ3) is 5.15. The lowest BCUT2D eigenvalue weighted by Gasteiger charge is -2.36. The Kier molecular flexibility index (Phi) is 6.56. The molecule has 3 heterocycles. The SMILES string of the molecule is CCNC(=NCCc1nc(C(C)C)no1)N1CCN(c2ncccn2)CC1. The average molecular weight is 372 g/mol. The van der Waals surface area contributed by atoms with Gasteiger partial charge in [0.2, 0.25) is 11.8 Å². The van der Waals surface area contributed by atoms with E-state index in [1.54, 1.807) is 12.4 Å². The van der Waals surface area contributed by atoms with E-state index in [1.165, 1.54) is 0 Å². The number of nitrogens with one attached hydrogen (secondary N) is 1. The molecule has 9 heteroatoms. The van der Waals surface area contributed by atoms with Crippen LogP contribution >= 0.6 is 0 Å². The molecule has 1 aliphatic rings. The summed E-state index contributed by atoms with van der Waals surface area (Å²) in [5, 5.41) is 7.37. The molecule has 0 spiro atoms. The summed E-state index contributed by atoms with van der Waals surface area (Å²) in [6.07, 6.45) is 4.21. The molecule has 1 aliphatic heterocycles. The molecule has 0 saturated carbocycles. The Labute approximate surface area is 159 Å². The van der Waals surface area contributed by atoms with Crippen LogP contribution in [-0.4, -0.2) is 70.2 Å². The van der Waals surface area contributed by atoms with Gasteiger partial charge in [0, 0.05) is 57.5 Å². The number of guanidine groups is 1. The molecule has 0 atom stereocenters. The van der Waals surface area contributed by atoms with Gasteiger partial charge >= 0.3 is 0 Å². The molecule has 1 fully saturated rings. The lowest BCUT2D eigenvalue weighted by atomic mass is 10.2. The molecule has 0 radical (unpaired) electrons. The van der Waals surface area contributed by atoms with E-state index < -0.39 is 0 Å². The highest BCUT2D eigenvalue weighted by Crippen LogP contribution is 2.11. The Morgan fingerprint density at radius 2 is 1.96 bits per heavy atom. The molecule has 1 N–H and O–H groups in total. The maximum absolute atomic E-state index is 5.29. The third-order valence-electron chi connectivity index (χ3n) is 4.34. The third-order valence-corrected chi connectivity index (χ3v) is 4.34. The summed E-state index contributed by atoms with van der Waals surface area (Å²) < 4.78 is 5.29. The lowest BCUT2D eigenvalue weighted by molar-refractivity contribution is 0.365. The zero-order valence-corrected chi connectivity index (χ0v) is 16.3. The largest absolute Gasteiger partial charge is 0.357 e. The second kappa shape index (κ2) is 9.29. The van der Waals surface area contributed by atoms with Crippen molar-refractivity contribution >= 4 is 11.9 Å². The molecule has 3 rings (SSSR count). The molecule has 2 aromatic rings. The number of anilines is 1. The fraction of sp³-hybridized carbons (Fsp3) is 0.611. The summed E-state index contributed by atoms with van der Waals surface area (Å²) in [5.74, 6) is 3.38. The minimum atomic E-state index is 0.271. The van der Waals surface area contributed by atoms with Crippen LogP contribution in [0.25, 0.3) is 0 Å². The predicted octanol–water partition coefficient (Wildman–Crippen LogP) is 1.31. The van der Waals surface area contributed by atoms with Gasteiger partial charge in [0.05, 0.1) is 6.54 Å². The molecule has 146 valence electrons. The Hall–Kier alpha value is -2.71. The maximum atomic E-state index is 5.29. The van der Waals surface area contributed by atoms with Crippen molar-refractivity contribution in [3.05, 3.63) is 30.2 Å². The first-order chi connectivity index (χ1) is 13.2. The summed E-state index contributed by atoms with van der Waals surface area (Å²) in [6, 6.07) is 1.84. The molecule has 0 amide bonds. The van der Waals surface area contributed by atoms with Crippen molar-refractivity contribution in [3.63, 3.8) is 0 Å². The normalized spacial score (nSPS) is 15.5. The molecular weight excluding hydrogens is 344 g/mol. The standard InChI is InChI=1S/C18H28N8O/c1-4-19-17(22-9-6-15-23-16(14(2)3)24-27-15)25-10-12-26(13-11-25)18-20-7-5-8-21-18/h5,7-8,14H,4,6,9-13H2,1-3H3,(H,19,22). The van der Waals surface area contributed by atoms with E-state index in [1.807, 2.05) is 6.07 Å². The molecule has 0 aromatic carbocycles. The van der Waals surface area contributed by atoms with Gasteiger partial charge in [-0.25, -0.2) is 9.97 Å². The van der Waals surface area contributed by atoms with Crippen molar-refractivity contribution in [1.82, 2.24) is 30.3 Å². The van der Waals surface area contributed by atoms with Crippen molar-refractivity contribution in [2.75, 3.05) is 44.2 Å². The second-order valence-corrected chi connectivity index (χ2v) is 6.71. The van der Waals surface area contributed by atoms with Gasteiger partial charge in [0.1, 0.15) is 0 Å². The number of hydrogen-bond acceptors (Lipinski definition) is 7. The fourth-order valence-corrected chi connectivity index (χ4v) is 2.86. The van der Waals surface area contributed by atoms with Crippen LogP contribution in [-0.2, 0) is 6.42 Å². The summed E-state index contributed by atoms with van der Waals surface area (Å²) in [5.41, 5.74) is 0. The monoisotopic (exact) mass is 372 g/mol. The Balaban J connectivity index is 1.54. The van der Waals surface area contributed by atoms with Crippen molar-refractivity contribution in [1.29, 1.82) is 0 Å². The van der Waals surface area contributed by atoms with Crippen LogP contribution < -0.4 is 10.2 Å². The van der Waals surface area contributed by atoms with Gasteiger partial charge in [0.15, 0.2) is 11.8 Å².